The summed E-state index contributed by atoms with van der Waals surface area (Å²) in [5, 5.41) is 5.98. The van der Waals surface area contributed by atoms with Gasteiger partial charge in [0.25, 0.3) is 0 Å². The Morgan fingerprint density at radius 1 is 1.00 bits per heavy atom. The molecule has 0 bridgehead atoms. The standard InChI is InChI=1S/C27H23N3O2S/c1-18-10-12-23(13-11-18)30-16-21(15-25(30)31)26(32)28-22-9-5-8-20(14-22)24-17-33-27(29-24)19-6-3-2-4-7-19/h2-14,17,21H,15-16H2,1H3,(H,28,32). The minimum atomic E-state index is -0.383. The van der Waals surface area contributed by atoms with Crippen molar-refractivity contribution in [2.45, 2.75) is 13.3 Å². The predicted molar refractivity (Wildman–Crippen MR) is 133 cm³/mol. The van der Waals surface area contributed by atoms with E-state index in [1.807, 2.05) is 91.2 Å². The third-order valence-corrected chi connectivity index (χ3v) is 6.68. The largest absolute Gasteiger partial charge is 0.326 e. The van der Waals surface area contributed by atoms with Crippen molar-refractivity contribution in [3.63, 3.8) is 0 Å². The summed E-state index contributed by atoms with van der Waals surface area (Å²) >= 11 is 1.60. The number of nitrogens with zero attached hydrogens (tertiary/aromatic N) is 2. The number of thiazole rings is 1. The van der Waals surface area contributed by atoms with Crippen LogP contribution in [-0.4, -0.2) is 23.3 Å². The number of hydrogen-bond acceptors (Lipinski definition) is 4. The van der Waals surface area contributed by atoms with Crippen molar-refractivity contribution in [1.82, 2.24) is 4.98 Å². The van der Waals surface area contributed by atoms with Gasteiger partial charge in [-0.1, -0.05) is 60.2 Å². The van der Waals surface area contributed by atoms with Crippen molar-refractivity contribution in [1.29, 1.82) is 0 Å². The van der Waals surface area contributed by atoms with E-state index in [0.29, 0.717) is 12.2 Å². The zero-order valence-corrected chi connectivity index (χ0v) is 19.0. The average molecular weight is 454 g/mol. The van der Waals surface area contributed by atoms with Gasteiger partial charge in [0.15, 0.2) is 0 Å². The van der Waals surface area contributed by atoms with Gasteiger partial charge in [0.05, 0.1) is 11.6 Å². The number of amides is 2. The molecule has 3 aromatic carbocycles. The number of carbonyl (C=O) groups excluding carboxylic acids is 2. The van der Waals surface area contributed by atoms with Crippen LogP contribution in [0.25, 0.3) is 21.8 Å². The van der Waals surface area contributed by atoms with Gasteiger partial charge >= 0.3 is 0 Å². The summed E-state index contributed by atoms with van der Waals surface area (Å²) in [6.45, 7) is 2.40. The Morgan fingerprint density at radius 3 is 2.55 bits per heavy atom. The molecule has 0 spiro atoms. The maximum Gasteiger partial charge on any atom is 0.229 e. The van der Waals surface area contributed by atoms with Crippen molar-refractivity contribution < 1.29 is 9.59 Å². The van der Waals surface area contributed by atoms with E-state index in [4.69, 9.17) is 4.98 Å². The second-order valence-electron chi connectivity index (χ2n) is 8.21. The fourth-order valence-electron chi connectivity index (χ4n) is 3.98. The molecule has 164 valence electrons. The summed E-state index contributed by atoms with van der Waals surface area (Å²) in [5.41, 5.74) is 5.57. The van der Waals surface area contributed by atoms with Crippen LogP contribution < -0.4 is 10.2 Å². The highest BCUT2D eigenvalue weighted by Gasteiger charge is 2.35. The third kappa shape index (κ3) is 4.56. The van der Waals surface area contributed by atoms with Crippen molar-refractivity contribution in [2.75, 3.05) is 16.8 Å². The fourth-order valence-corrected chi connectivity index (χ4v) is 4.81. The first kappa shape index (κ1) is 21.1. The van der Waals surface area contributed by atoms with Crippen molar-refractivity contribution in [3.8, 4) is 21.8 Å². The highest BCUT2D eigenvalue weighted by Crippen LogP contribution is 2.31. The number of anilines is 2. The van der Waals surface area contributed by atoms with E-state index in [1.165, 1.54) is 0 Å². The van der Waals surface area contributed by atoms with Crippen LogP contribution >= 0.6 is 11.3 Å². The smallest absolute Gasteiger partial charge is 0.229 e. The van der Waals surface area contributed by atoms with Gasteiger partial charge in [-0.05, 0) is 31.2 Å². The molecule has 5 rings (SSSR count). The van der Waals surface area contributed by atoms with Crippen LogP contribution in [0.2, 0.25) is 0 Å². The van der Waals surface area contributed by atoms with Crippen LogP contribution in [0.3, 0.4) is 0 Å². The van der Waals surface area contributed by atoms with Gasteiger partial charge in [0, 0.05) is 40.8 Å². The van der Waals surface area contributed by atoms with Gasteiger partial charge < -0.3 is 10.2 Å². The Bertz CT molecular complexity index is 1300. The van der Waals surface area contributed by atoms with E-state index >= 15 is 0 Å². The van der Waals surface area contributed by atoms with Crippen LogP contribution in [-0.2, 0) is 9.59 Å². The molecule has 2 heterocycles. The molecule has 1 saturated heterocycles. The molecule has 6 heteroatoms. The highest BCUT2D eigenvalue weighted by atomic mass is 32.1. The van der Waals surface area contributed by atoms with Gasteiger partial charge in [-0.25, -0.2) is 4.98 Å². The Balaban J connectivity index is 1.28. The van der Waals surface area contributed by atoms with Crippen LogP contribution in [0.1, 0.15) is 12.0 Å². The first-order chi connectivity index (χ1) is 16.1. The molecule has 33 heavy (non-hydrogen) atoms. The molecule has 1 atom stereocenters. The predicted octanol–water partition coefficient (Wildman–Crippen LogP) is 5.78. The lowest BCUT2D eigenvalue weighted by molar-refractivity contribution is -0.122. The molecule has 1 aromatic heterocycles. The Hall–Kier alpha value is -3.77. The second-order valence-corrected chi connectivity index (χ2v) is 9.07. The van der Waals surface area contributed by atoms with Crippen molar-refractivity contribution >= 4 is 34.5 Å². The Labute approximate surface area is 196 Å². The van der Waals surface area contributed by atoms with Crippen LogP contribution in [0.15, 0.2) is 84.2 Å². The average Bonchev–Trinajstić information content (AvgIpc) is 3.48. The monoisotopic (exact) mass is 453 g/mol. The molecule has 0 aliphatic carbocycles. The quantitative estimate of drug-likeness (QED) is 0.417. The van der Waals surface area contributed by atoms with Gasteiger partial charge in [-0.3, -0.25) is 9.59 Å². The summed E-state index contributed by atoms with van der Waals surface area (Å²) in [5.74, 6) is -0.548. The number of aryl methyl sites for hydroxylation is 1. The zero-order valence-electron chi connectivity index (χ0n) is 18.2. The topological polar surface area (TPSA) is 62.3 Å². The summed E-state index contributed by atoms with van der Waals surface area (Å²) in [4.78, 5) is 31.9. The normalized spacial score (nSPS) is 15.6. The minimum absolute atomic E-state index is 0.0244. The number of rotatable bonds is 5. The van der Waals surface area contributed by atoms with Gasteiger partial charge in [-0.15, -0.1) is 11.3 Å². The molecule has 5 nitrogen and oxygen atoms in total. The second kappa shape index (κ2) is 9.00. The number of aromatic nitrogens is 1. The maximum atomic E-state index is 12.9. The molecule has 1 unspecified atom stereocenters. The first-order valence-corrected chi connectivity index (χ1v) is 11.7. The van der Waals surface area contributed by atoms with Gasteiger partial charge in [0.1, 0.15) is 5.01 Å². The summed E-state index contributed by atoms with van der Waals surface area (Å²) in [6, 6.07) is 25.6. The lowest BCUT2D eigenvalue weighted by atomic mass is 10.1. The number of nitrogens with one attached hydrogen (secondary N) is 1. The number of benzene rings is 3. The minimum Gasteiger partial charge on any atom is -0.326 e. The number of hydrogen-bond donors (Lipinski definition) is 1. The van der Waals surface area contributed by atoms with Crippen LogP contribution in [0.4, 0.5) is 11.4 Å². The molecule has 0 saturated carbocycles. The fraction of sp³-hybridized carbons (Fsp3) is 0.148. The number of carbonyl (C=O) groups is 2. The summed E-state index contributed by atoms with van der Waals surface area (Å²) in [7, 11) is 0. The molecule has 0 radical (unpaired) electrons. The van der Waals surface area contributed by atoms with E-state index in [1.54, 1.807) is 16.2 Å². The van der Waals surface area contributed by atoms with E-state index in [9.17, 15) is 9.59 Å². The highest BCUT2D eigenvalue weighted by molar-refractivity contribution is 7.13. The Kier molecular flexibility index (Phi) is 5.75. The molecule has 1 fully saturated rings. The molecule has 1 N–H and O–H groups in total. The zero-order chi connectivity index (χ0) is 22.8. The van der Waals surface area contributed by atoms with E-state index < -0.39 is 0 Å². The van der Waals surface area contributed by atoms with E-state index in [0.717, 1.165) is 33.1 Å². The molecule has 1 aliphatic heterocycles. The van der Waals surface area contributed by atoms with Gasteiger partial charge in [-0.2, -0.15) is 0 Å². The molecular weight excluding hydrogens is 430 g/mol. The van der Waals surface area contributed by atoms with Crippen LogP contribution in [0.5, 0.6) is 0 Å². The maximum absolute atomic E-state index is 12.9. The first-order valence-electron chi connectivity index (χ1n) is 10.9. The SMILES string of the molecule is Cc1ccc(N2CC(C(=O)Nc3cccc(-c4csc(-c5ccccc5)n4)c3)CC2=O)cc1. The molecular formula is C27H23N3O2S. The Morgan fingerprint density at radius 2 is 1.76 bits per heavy atom. The van der Waals surface area contributed by atoms with Crippen molar-refractivity contribution in [2.24, 2.45) is 5.92 Å². The van der Waals surface area contributed by atoms with Crippen molar-refractivity contribution in [3.05, 3.63) is 89.8 Å². The van der Waals surface area contributed by atoms with E-state index in [2.05, 4.69) is 5.32 Å². The molecule has 2 amide bonds. The molecule has 4 aromatic rings. The van der Waals surface area contributed by atoms with Gasteiger partial charge in [0.2, 0.25) is 11.8 Å². The van der Waals surface area contributed by atoms with Crippen LogP contribution in [0, 0.1) is 12.8 Å². The lowest BCUT2D eigenvalue weighted by Crippen LogP contribution is -2.28. The third-order valence-electron chi connectivity index (χ3n) is 5.79. The summed E-state index contributed by atoms with van der Waals surface area (Å²) in [6.07, 6.45) is 0.214. The van der Waals surface area contributed by atoms with E-state index in [-0.39, 0.29) is 24.2 Å². The molecule has 1 aliphatic rings. The lowest BCUT2D eigenvalue weighted by Gasteiger charge is -2.17. The summed E-state index contributed by atoms with van der Waals surface area (Å²) < 4.78 is 0.